The molecular formula is C16H22N2O5S. The number of rotatable bonds is 5. The van der Waals surface area contributed by atoms with Crippen LogP contribution in [0.4, 0.5) is 5.69 Å². The Bertz CT molecular complexity index is 745. The second-order valence-corrected chi connectivity index (χ2v) is 8.18. The zero-order valence-electron chi connectivity index (χ0n) is 14.0. The van der Waals surface area contributed by atoms with Crippen molar-refractivity contribution in [2.24, 2.45) is 0 Å². The molecule has 0 aliphatic carbocycles. The Balaban J connectivity index is 2.13. The van der Waals surface area contributed by atoms with Crippen LogP contribution in [0.15, 0.2) is 18.2 Å². The Morgan fingerprint density at radius 1 is 1.38 bits per heavy atom. The summed E-state index contributed by atoms with van der Waals surface area (Å²) in [5.41, 5.74) is 1.44. The van der Waals surface area contributed by atoms with Gasteiger partial charge in [-0.3, -0.25) is 14.5 Å². The number of benzene rings is 1. The quantitative estimate of drug-likeness (QED) is 0.838. The minimum Gasteiger partial charge on any atom is -0.495 e. The van der Waals surface area contributed by atoms with E-state index in [4.69, 9.17) is 4.74 Å². The van der Waals surface area contributed by atoms with Gasteiger partial charge in [0.25, 0.3) is 0 Å². The van der Waals surface area contributed by atoms with E-state index in [1.807, 2.05) is 13.0 Å². The average molecular weight is 354 g/mol. The van der Waals surface area contributed by atoms with Crippen molar-refractivity contribution < 1.29 is 22.7 Å². The van der Waals surface area contributed by atoms with E-state index >= 15 is 0 Å². The number of amides is 2. The van der Waals surface area contributed by atoms with Crippen LogP contribution >= 0.6 is 0 Å². The molecule has 8 heteroatoms. The first-order valence-electron chi connectivity index (χ1n) is 7.64. The minimum atomic E-state index is -3.07. The predicted molar refractivity (Wildman–Crippen MR) is 91.0 cm³/mol. The first kappa shape index (κ1) is 18.3. The standard InChI is InChI=1S/C16H22N2O5S/c1-11-4-5-15(23-3)14(8-11)18(12(2)19)9-16(20)17-13-6-7-24(21,22)10-13/h4-5,8,13H,6-7,9-10H2,1-3H3,(H,17,20). The summed E-state index contributed by atoms with van der Waals surface area (Å²) in [6.07, 6.45) is 0.405. The monoisotopic (exact) mass is 354 g/mol. The molecule has 1 unspecified atom stereocenters. The maximum absolute atomic E-state index is 12.2. The second-order valence-electron chi connectivity index (χ2n) is 5.95. The predicted octanol–water partition coefficient (Wildman–Crippen LogP) is 0.660. The Kier molecular flexibility index (Phi) is 5.48. The van der Waals surface area contributed by atoms with Crippen LogP contribution in [0.2, 0.25) is 0 Å². The van der Waals surface area contributed by atoms with Crippen LogP contribution < -0.4 is 15.0 Å². The number of hydrogen-bond acceptors (Lipinski definition) is 5. The van der Waals surface area contributed by atoms with Gasteiger partial charge in [-0.2, -0.15) is 0 Å². The first-order chi connectivity index (χ1) is 11.2. The fraction of sp³-hybridized carbons (Fsp3) is 0.500. The number of carbonyl (C=O) groups excluding carboxylic acids is 2. The molecule has 0 radical (unpaired) electrons. The minimum absolute atomic E-state index is 0.0490. The fourth-order valence-electron chi connectivity index (χ4n) is 2.70. The molecule has 1 atom stereocenters. The van der Waals surface area contributed by atoms with E-state index in [2.05, 4.69) is 5.32 Å². The summed E-state index contributed by atoms with van der Waals surface area (Å²) >= 11 is 0. The molecule has 24 heavy (non-hydrogen) atoms. The lowest BCUT2D eigenvalue weighted by Gasteiger charge is -2.24. The van der Waals surface area contributed by atoms with Crippen LogP contribution in [0.25, 0.3) is 0 Å². The molecule has 1 aliphatic rings. The molecular weight excluding hydrogens is 332 g/mol. The number of nitrogens with zero attached hydrogens (tertiary/aromatic N) is 1. The van der Waals surface area contributed by atoms with Crippen LogP contribution in [-0.4, -0.2) is 51.4 Å². The highest BCUT2D eigenvalue weighted by atomic mass is 32.2. The third-order valence-electron chi connectivity index (χ3n) is 3.90. The van der Waals surface area contributed by atoms with Gasteiger partial charge in [0.05, 0.1) is 24.3 Å². The second kappa shape index (κ2) is 7.21. The molecule has 2 amide bonds. The number of anilines is 1. The van der Waals surface area contributed by atoms with Crippen molar-refractivity contribution in [3.05, 3.63) is 23.8 Å². The van der Waals surface area contributed by atoms with E-state index in [9.17, 15) is 18.0 Å². The topological polar surface area (TPSA) is 92.8 Å². The van der Waals surface area contributed by atoms with Crippen LogP contribution in [0.5, 0.6) is 5.75 Å². The lowest BCUT2D eigenvalue weighted by molar-refractivity contribution is -0.123. The number of aryl methyl sites for hydroxylation is 1. The van der Waals surface area contributed by atoms with Gasteiger partial charge in [-0.25, -0.2) is 8.42 Å². The smallest absolute Gasteiger partial charge is 0.240 e. The highest BCUT2D eigenvalue weighted by molar-refractivity contribution is 7.91. The highest BCUT2D eigenvalue weighted by Gasteiger charge is 2.29. The molecule has 1 heterocycles. The molecule has 0 bridgehead atoms. The molecule has 7 nitrogen and oxygen atoms in total. The molecule has 1 aromatic carbocycles. The maximum Gasteiger partial charge on any atom is 0.240 e. The number of carbonyl (C=O) groups is 2. The summed E-state index contributed by atoms with van der Waals surface area (Å²) in [5, 5.41) is 2.69. The van der Waals surface area contributed by atoms with Gasteiger partial charge < -0.3 is 10.1 Å². The van der Waals surface area contributed by atoms with E-state index in [0.717, 1.165) is 5.56 Å². The Morgan fingerprint density at radius 2 is 2.08 bits per heavy atom. The van der Waals surface area contributed by atoms with Crippen molar-refractivity contribution in [2.75, 3.05) is 30.1 Å². The van der Waals surface area contributed by atoms with E-state index in [0.29, 0.717) is 17.9 Å². The molecule has 0 aromatic heterocycles. The third kappa shape index (κ3) is 4.47. The van der Waals surface area contributed by atoms with E-state index < -0.39 is 21.8 Å². The number of ether oxygens (including phenoxy) is 1. The summed E-state index contributed by atoms with van der Waals surface area (Å²) in [4.78, 5) is 25.6. The summed E-state index contributed by atoms with van der Waals surface area (Å²) in [6, 6.07) is 4.97. The van der Waals surface area contributed by atoms with Gasteiger partial charge in [0.2, 0.25) is 11.8 Å². The molecule has 1 aliphatic heterocycles. The lowest BCUT2D eigenvalue weighted by atomic mass is 10.2. The third-order valence-corrected chi connectivity index (χ3v) is 5.67. The normalized spacial score (nSPS) is 18.9. The molecule has 1 saturated heterocycles. The molecule has 2 rings (SSSR count). The lowest BCUT2D eigenvalue weighted by Crippen LogP contribution is -2.44. The zero-order chi connectivity index (χ0) is 17.9. The molecule has 1 N–H and O–H groups in total. The largest absolute Gasteiger partial charge is 0.495 e. The van der Waals surface area contributed by atoms with E-state index in [-0.39, 0.29) is 24.0 Å². The zero-order valence-corrected chi connectivity index (χ0v) is 14.9. The van der Waals surface area contributed by atoms with Gasteiger partial charge in [-0.15, -0.1) is 0 Å². The van der Waals surface area contributed by atoms with Gasteiger partial charge in [-0.1, -0.05) is 6.07 Å². The van der Waals surface area contributed by atoms with Crippen molar-refractivity contribution in [1.29, 1.82) is 0 Å². The Morgan fingerprint density at radius 3 is 2.62 bits per heavy atom. The van der Waals surface area contributed by atoms with Gasteiger partial charge in [0.1, 0.15) is 12.3 Å². The number of sulfone groups is 1. The number of nitrogens with one attached hydrogen (secondary N) is 1. The average Bonchev–Trinajstić information content (AvgIpc) is 2.83. The number of hydrogen-bond donors (Lipinski definition) is 1. The maximum atomic E-state index is 12.2. The molecule has 1 aromatic rings. The summed E-state index contributed by atoms with van der Waals surface area (Å²) in [5.74, 6) is -0.164. The molecule has 0 saturated carbocycles. The molecule has 132 valence electrons. The number of methoxy groups -OCH3 is 1. The summed E-state index contributed by atoms with van der Waals surface area (Å²) < 4.78 is 28.2. The van der Waals surface area contributed by atoms with Gasteiger partial charge in [-0.05, 0) is 31.0 Å². The van der Waals surface area contributed by atoms with Crippen molar-refractivity contribution in [1.82, 2.24) is 5.32 Å². The highest BCUT2D eigenvalue weighted by Crippen LogP contribution is 2.29. The van der Waals surface area contributed by atoms with E-state index in [1.165, 1.54) is 18.9 Å². The summed E-state index contributed by atoms with van der Waals surface area (Å²) in [6.45, 7) is 3.06. The van der Waals surface area contributed by atoms with E-state index in [1.54, 1.807) is 12.1 Å². The van der Waals surface area contributed by atoms with Gasteiger partial charge >= 0.3 is 0 Å². The van der Waals surface area contributed by atoms with Crippen LogP contribution in [0.1, 0.15) is 18.9 Å². The SMILES string of the molecule is COc1ccc(C)cc1N(CC(=O)NC1CCS(=O)(=O)C1)C(C)=O. The Labute approximate surface area is 141 Å². The van der Waals surface area contributed by atoms with Crippen molar-refractivity contribution >= 4 is 27.3 Å². The Hall–Kier alpha value is -2.09. The van der Waals surface area contributed by atoms with Gasteiger partial charge in [0, 0.05) is 13.0 Å². The molecule has 0 spiro atoms. The van der Waals surface area contributed by atoms with Crippen molar-refractivity contribution in [3.63, 3.8) is 0 Å². The van der Waals surface area contributed by atoms with Gasteiger partial charge in [0.15, 0.2) is 9.84 Å². The van der Waals surface area contributed by atoms with Crippen LogP contribution in [-0.2, 0) is 19.4 Å². The molecule has 1 fully saturated rings. The van der Waals surface area contributed by atoms with Crippen molar-refractivity contribution in [3.8, 4) is 5.75 Å². The fourth-order valence-corrected chi connectivity index (χ4v) is 4.38. The van der Waals surface area contributed by atoms with Crippen LogP contribution in [0, 0.1) is 6.92 Å². The first-order valence-corrected chi connectivity index (χ1v) is 9.46. The van der Waals surface area contributed by atoms with Crippen LogP contribution in [0.3, 0.4) is 0 Å². The van der Waals surface area contributed by atoms with Crippen molar-refractivity contribution in [2.45, 2.75) is 26.3 Å². The summed E-state index contributed by atoms with van der Waals surface area (Å²) in [7, 11) is -1.57.